The maximum Gasteiger partial charge on any atom is 0.345 e. The molecule has 3 rings (SSSR count). The van der Waals surface area contributed by atoms with Gasteiger partial charge in [-0.15, -0.1) is 5.10 Å². The Bertz CT molecular complexity index is 784. The van der Waals surface area contributed by atoms with Gasteiger partial charge in [-0.1, -0.05) is 20.4 Å². The molecule has 3 aromatic rings. The minimum Gasteiger partial charge on any atom is -0.421 e. The molecule has 0 unspecified atom stereocenters. The van der Waals surface area contributed by atoms with E-state index in [-0.39, 0.29) is 0 Å². The number of nitrogens with zero attached hydrogens (tertiary/aromatic N) is 2. The summed E-state index contributed by atoms with van der Waals surface area (Å²) < 4.78 is 10.7. The highest BCUT2D eigenvalue weighted by Gasteiger charge is 2.12. The molecule has 4 nitrogen and oxygen atoms in total. The second-order valence-corrected chi connectivity index (χ2v) is 5.92. The first-order valence-electron chi connectivity index (χ1n) is 4.85. The van der Waals surface area contributed by atoms with Crippen molar-refractivity contribution in [2.75, 3.05) is 0 Å². The molecule has 0 amide bonds. The van der Waals surface area contributed by atoms with Crippen molar-refractivity contribution < 1.29 is 4.42 Å². The first-order chi connectivity index (χ1) is 8.65. The van der Waals surface area contributed by atoms with E-state index in [0.29, 0.717) is 16.8 Å². The summed E-state index contributed by atoms with van der Waals surface area (Å²) in [5.74, 6) is 0. The number of hydrogen-bond acceptors (Lipinski definition) is 5. The number of benzene rings is 1. The van der Waals surface area contributed by atoms with Gasteiger partial charge in [-0.3, -0.25) is 0 Å². The van der Waals surface area contributed by atoms with Crippen LogP contribution in [0.1, 0.15) is 0 Å². The lowest BCUT2D eigenvalue weighted by Gasteiger charge is -2.02. The summed E-state index contributed by atoms with van der Waals surface area (Å²) >= 11 is 7.96. The Balaban J connectivity index is 2.37. The fourth-order valence-corrected chi connectivity index (χ4v) is 3.41. The molecule has 2 aromatic heterocycles. The van der Waals surface area contributed by atoms with E-state index in [1.165, 1.54) is 11.5 Å². The lowest BCUT2D eigenvalue weighted by Crippen LogP contribution is -2.03. The molecule has 0 radical (unpaired) electrons. The third-order valence-electron chi connectivity index (χ3n) is 2.39. The molecule has 18 heavy (non-hydrogen) atoms. The van der Waals surface area contributed by atoms with Crippen LogP contribution >= 0.6 is 43.4 Å². The van der Waals surface area contributed by atoms with Crippen LogP contribution in [0.5, 0.6) is 0 Å². The molecule has 90 valence electrons. The molecule has 2 heterocycles. The highest BCUT2D eigenvalue weighted by Crippen LogP contribution is 2.29. The van der Waals surface area contributed by atoms with Gasteiger partial charge < -0.3 is 4.42 Å². The van der Waals surface area contributed by atoms with Crippen molar-refractivity contribution in [3.05, 3.63) is 42.9 Å². The van der Waals surface area contributed by atoms with Gasteiger partial charge in [0.05, 0.1) is 10.0 Å². The molecule has 0 aliphatic heterocycles. The van der Waals surface area contributed by atoms with E-state index >= 15 is 0 Å². The maximum atomic E-state index is 11.9. The first-order valence-corrected chi connectivity index (χ1v) is 7.28. The molecule has 0 spiro atoms. The van der Waals surface area contributed by atoms with Crippen LogP contribution < -0.4 is 5.63 Å². The molecule has 7 heteroatoms. The summed E-state index contributed by atoms with van der Waals surface area (Å²) in [6.07, 6.45) is 0. The van der Waals surface area contributed by atoms with Crippen molar-refractivity contribution in [3.8, 4) is 11.3 Å². The summed E-state index contributed by atoms with van der Waals surface area (Å²) in [4.78, 5) is 11.9. The van der Waals surface area contributed by atoms with Crippen LogP contribution in [-0.2, 0) is 0 Å². The zero-order valence-corrected chi connectivity index (χ0v) is 12.7. The quantitative estimate of drug-likeness (QED) is 0.595. The van der Waals surface area contributed by atoms with Gasteiger partial charge in [0.1, 0.15) is 5.69 Å². The van der Waals surface area contributed by atoms with E-state index in [0.717, 1.165) is 14.3 Å². The molecular formula is C11H4Br2N2O2S. The topological polar surface area (TPSA) is 56.0 Å². The van der Waals surface area contributed by atoms with E-state index in [4.69, 9.17) is 4.42 Å². The van der Waals surface area contributed by atoms with Crippen LogP contribution in [0.3, 0.4) is 0 Å². The third kappa shape index (κ3) is 2.02. The molecule has 0 N–H and O–H groups in total. The van der Waals surface area contributed by atoms with Crippen LogP contribution in [0.4, 0.5) is 0 Å². The van der Waals surface area contributed by atoms with Gasteiger partial charge in [-0.05, 0) is 45.7 Å². The molecule has 0 saturated carbocycles. The predicted octanol–water partition coefficient (Wildman–Crippen LogP) is 3.84. The number of hydrogen-bond donors (Lipinski definition) is 0. The van der Waals surface area contributed by atoms with Crippen LogP contribution in [0.25, 0.3) is 22.2 Å². The normalized spacial score (nSPS) is 11.0. The molecule has 1 aromatic carbocycles. The van der Waals surface area contributed by atoms with Crippen LogP contribution in [-0.4, -0.2) is 9.59 Å². The van der Waals surface area contributed by atoms with Crippen LogP contribution in [0.15, 0.2) is 41.7 Å². The second-order valence-electron chi connectivity index (χ2n) is 3.54. The highest BCUT2D eigenvalue weighted by molar-refractivity contribution is 9.11. The summed E-state index contributed by atoms with van der Waals surface area (Å²) in [5.41, 5.74) is 1.06. The number of fused-ring (bicyclic) bond motifs is 1. The third-order valence-corrected chi connectivity index (χ3v) is 3.94. The Morgan fingerprint density at radius 3 is 2.78 bits per heavy atom. The minimum absolute atomic E-state index is 0.418. The van der Waals surface area contributed by atoms with Crippen molar-refractivity contribution in [1.82, 2.24) is 9.59 Å². The van der Waals surface area contributed by atoms with Crippen molar-refractivity contribution in [3.63, 3.8) is 0 Å². The lowest BCUT2D eigenvalue weighted by molar-refractivity contribution is 0.561. The van der Waals surface area contributed by atoms with Gasteiger partial charge >= 0.3 is 5.63 Å². The Morgan fingerprint density at radius 1 is 1.22 bits per heavy atom. The zero-order chi connectivity index (χ0) is 12.7. The predicted molar refractivity (Wildman–Crippen MR) is 76.8 cm³/mol. The molecule has 0 saturated heterocycles. The van der Waals surface area contributed by atoms with Crippen molar-refractivity contribution in [2.24, 2.45) is 0 Å². The summed E-state index contributed by atoms with van der Waals surface area (Å²) in [6.45, 7) is 0. The fourth-order valence-electron chi connectivity index (χ4n) is 1.62. The standard InChI is InChI=1S/C11H4Br2N2O2S/c12-6-1-5-2-7(9-4-18-15-14-9)11(16)17-10(5)8(13)3-6/h1-4H. The Morgan fingerprint density at radius 2 is 2.06 bits per heavy atom. The SMILES string of the molecule is O=c1oc2c(Br)cc(Br)cc2cc1-c1csnn1. The van der Waals surface area contributed by atoms with E-state index < -0.39 is 5.63 Å². The molecule has 0 atom stereocenters. The van der Waals surface area contributed by atoms with E-state index in [9.17, 15) is 4.79 Å². The fraction of sp³-hybridized carbons (Fsp3) is 0. The van der Waals surface area contributed by atoms with Crippen LogP contribution in [0, 0.1) is 0 Å². The Kier molecular flexibility index (Phi) is 3.04. The smallest absolute Gasteiger partial charge is 0.345 e. The van der Waals surface area contributed by atoms with Crippen molar-refractivity contribution in [2.45, 2.75) is 0 Å². The van der Waals surface area contributed by atoms with Crippen molar-refractivity contribution in [1.29, 1.82) is 0 Å². The van der Waals surface area contributed by atoms with Gasteiger partial charge in [0.25, 0.3) is 0 Å². The van der Waals surface area contributed by atoms with Gasteiger partial charge in [-0.2, -0.15) is 0 Å². The van der Waals surface area contributed by atoms with Crippen LogP contribution in [0.2, 0.25) is 0 Å². The summed E-state index contributed by atoms with van der Waals surface area (Å²) in [6, 6.07) is 5.47. The monoisotopic (exact) mass is 386 g/mol. The number of rotatable bonds is 1. The molecule has 0 bridgehead atoms. The minimum atomic E-state index is -0.418. The highest BCUT2D eigenvalue weighted by atomic mass is 79.9. The molecular weight excluding hydrogens is 384 g/mol. The average Bonchev–Trinajstić information content (AvgIpc) is 2.83. The molecule has 0 aliphatic carbocycles. The zero-order valence-electron chi connectivity index (χ0n) is 8.68. The maximum absolute atomic E-state index is 11.9. The van der Waals surface area contributed by atoms with Crippen molar-refractivity contribution >= 4 is 54.4 Å². The van der Waals surface area contributed by atoms with E-state index in [1.807, 2.05) is 12.1 Å². The van der Waals surface area contributed by atoms with Gasteiger partial charge in [0, 0.05) is 15.2 Å². The Labute approximate surface area is 122 Å². The van der Waals surface area contributed by atoms with Gasteiger partial charge in [0.15, 0.2) is 5.58 Å². The summed E-state index contributed by atoms with van der Waals surface area (Å²) in [7, 11) is 0. The largest absolute Gasteiger partial charge is 0.421 e. The molecule has 0 fully saturated rings. The molecule has 0 aliphatic rings. The first kappa shape index (κ1) is 12.0. The van der Waals surface area contributed by atoms with Gasteiger partial charge in [-0.25, -0.2) is 4.79 Å². The van der Waals surface area contributed by atoms with E-state index in [2.05, 4.69) is 41.4 Å². The lowest BCUT2D eigenvalue weighted by atomic mass is 10.1. The van der Waals surface area contributed by atoms with Gasteiger partial charge in [0.2, 0.25) is 0 Å². The summed E-state index contributed by atoms with van der Waals surface area (Å²) in [5, 5.41) is 6.42. The number of halogens is 2. The second kappa shape index (κ2) is 4.56. The number of aromatic nitrogens is 2. The average molecular weight is 388 g/mol. The Hall–Kier alpha value is -1.05. The van der Waals surface area contributed by atoms with E-state index in [1.54, 1.807) is 11.4 Å².